The van der Waals surface area contributed by atoms with Crippen LogP contribution in [-0.4, -0.2) is 39.6 Å². The van der Waals surface area contributed by atoms with Gasteiger partial charge in [0.2, 0.25) is 17.7 Å². The topological polar surface area (TPSA) is 141 Å². The molecule has 3 aromatic carbocycles. The Hall–Kier alpha value is -4.75. The monoisotopic (exact) mass is 602 g/mol. The fourth-order valence-corrected chi connectivity index (χ4v) is 8.04. The van der Waals surface area contributed by atoms with Crippen LogP contribution in [0.15, 0.2) is 88.7 Å². The van der Waals surface area contributed by atoms with Crippen molar-refractivity contribution in [2.75, 3.05) is 17.3 Å². The number of rotatable bonds is 7. The summed E-state index contributed by atoms with van der Waals surface area (Å²) in [5.74, 6) is -2.26. The van der Waals surface area contributed by atoms with Crippen molar-refractivity contribution in [1.29, 1.82) is 0 Å². The van der Waals surface area contributed by atoms with Gasteiger partial charge in [-0.05, 0) is 42.0 Å². The van der Waals surface area contributed by atoms with Crippen molar-refractivity contribution in [3.8, 4) is 5.75 Å². The minimum Gasteiger partial charge on any atom is -0.497 e. The average molecular weight is 603 g/mol. The number of ether oxygens (including phenoxy) is 1. The van der Waals surface area contributed by atoms with E-state index >= 15 is 0 Å². The number of non-ortho nitro benzene ring substituents is 1. The number of hydrogen-bond donors (Lipinski definition) is 1. The summed E-state index contributed by atoms with van der Waals surface area (Å²) in [5.41, 5.74) is 1.35. The van der Waals surface area contributed by atoms with Crippen molar-refractivity contribution in [2.45, 2.75) is 22.7 Å². The summed E-state index contributed by atoms with van der Waals surface area (Å²) < 4.78 is 6.64. The van der Waals surface area contributed by atoms with E-state index in [9.17, 15) is 29.3 Å². The average Bonchev–Trinajstić information content (AvgIpc) is 3.43. The lowest BCUT2D eigenvalue weighted by molar-refractivity contribution is -0.384. The number of fused-ring (bicyclic) bond motifs is 2. The SMILES string of the molecule is COc1ccc([C@@H]2c3sc(=O)n(CC(=O)Nc4ccccc4)c3S[C@@H]3C(=O)N(c4ccc([N+](=O)[O-])cc4)C(=O)[C@H]23)cc1. The maximum absolute atomic E-state index is 13.9. The molecule has 3 amide bonds. The van der Waals surface area contributed by atoms with E-state index in [0.29, 0.717) is 26.9 Å². The number of aromatic nitrogens is 1. The van der Waals surface area contributed by atoms with Gasteiger partial charge in [-0.3, -0.25) is 33.9 Å². The quantitative estimate of drug-likeness (QED) is 0.188. The molecule has 3 heterocycles. The van der Waals surface area contributed by atoms with Crippen LogP contribution in [-0.2, 0) is 20.9 Å². The molecule has 212 valence electrons. The van der Waals surface area contributed by atoms with Crippen molar-refractivity contribution in [2.24, 2.45) is 5.92 Å². The van der Waals surface area contributed by atoms with Crippen LogP contribution in [0.25, 0.3) is 0 Å². The molecule has 1 N–H and O–H groups in total. The molecule has 6 rings (SSSR count). The summed E-state index contributed by atoms with van der Waals surface area (Å²) in [6, 6.07) is 21.2. The number of nitrogens with zero attached hydrogens (tertiary/aromatic N) is 3. The normalized spacial score (nSPS) is 19.3. The van der Waals surface area contributed by atoms with Crippen molar-refractivity contribution in [3.05, 3.63) is 109 Å². The predicted octanol–water partition coefficient (Wildman–Crippen LogP) is 4.26. The van der Waals surface area contributed by atoms with Crippen LogP contribution in [0, 0.1) is 16.0 Å². The van der Waals surface area contributed by atoms with E-state index < -0.39 is 39.7 Å². The summed E-state index contributed by atoms with van der Waals surface area (Å²) in [6.45, 7) is -0.270. The van der Waals surface area contributed by atoms with E-state index in [4.69, 9.17) is 4.74 Å². The zero-order valence-electron chi connectivity index (χ0n) is 22.0. The van der Waals surface area contributed by atoms with Gasteiger partial charge < -0.3 is 10.1 Å². The number of nitrogens with one attached hydrogen (secondary N) is 1. The maximum Gasteiger partial charge on any atom is 0.308 e. The highest BCUT2D eigenvalue weighted by Crippen LogP contribution is 2.54. The molecule has 1 fully saturated rings. The van der Waals surface area contributed by atoms with Crippen LogP contribution >= 0.6 is 23.1 Å². The summed E-state index contributed by atoms with van der Waals surface area (Å²) >= 11 is 2.05. The number of carbonyl (C=O) groups excluding carboxylic acids is 3. The molecule has 0 spiro atoms. The van der Waals surface area contributed by atoms with Gasteiger partial charge >= 0.3 is 4.87 Å². The number of hydrogen-bond acceptors (Lipinski definition) is 9. The number of imide groups is 1. The third-order valence-corrected chi connectivity index (χ3v) is 9.81. The van der Waals surface area contributed by atoms with Gasteiger partial charge in [-0.1, -0.05) is 53.4 Å². The number of para-hydroxylation sites is 1. The van der Waals surface area contributed by atoms with Gasteiger partial charge in [0.05, 0.1) is 28.7 Å². The fourth-order valence-electron chi connectivity index (χ4n) is 5.27. The van der Waals surface area contributed by atoms with Crippen molar-refractivity contribution >= 4 is 57.9 Å². The van der Waals surface area contributed by atoms with Crippen LogP contribution in [0.3, 0.4) is 0 Å². The van der Waals surface area contributed by atoms with Crippen LogP contribution in [0.5, 0.6) is 5.75 Å². The van der Waals surface area contributed by atoms with Crippen molar-refractivity contribution in [3.63, 3.8) is 0 Å². The lowest BCUT2D eigenvalue weighted by Gasteiger charge is -2.30. The molecule has 3 atom stereocenters. The van der Waals surface area contributed by atoms with Crippen LogP contribution < -0.4 is 19.8 Å². The molecule has 2 aliphatic rings. The highest BCUT2D eigenvalue weighted by molar-refractivity contribution is 8.00. The number of benzene rings is 3. The zero-order valence-corrected chi connectivity index (χ0v) is 23.6. The van der Waals surface area contributed by atoms with E-state index in [1.165, 1.54) is 35.9 Å². The summed E-state index contributed by atoms with van der Waals surface area (Å²) in [4.78, 5) is 65.8. The molecule has 4 aromatic rings. The predicted molar refractivity (Wildman–Crippen MR) is 157 cm³/mol. The van der Waals surface area contributed by atoms with Gasteiger partial charge in [0.25, 0.3) is 5.69 Å². The lowest BCUT2D eigenvalue weighted by atomic mass is 9.83. The standard InChI is InChI=1S/C29H22N4O7S2/c1-40-20-13-7-16(8-14-20)22-23-24(27(36)32(26(23)35)18-9-11-19(12-10-18)33(38)39)41-28-25(22)42-29(37)31(28)15-21(34)30-17-5-3-2-4-6-17/h2-14,22-24H,15H2,1H3,(H,30,34)/t22-,23+,24-/m0/s1. The fraction of sp³-hybridized carbons (Fsp3) is 0.172. The van der Waals surface area contributed by atoms with E-state index in [0.717, 1.165) is 28.0 Å². The Bertz CT molecular complexity index is 1770. The summed E-state index contributed by atoms with van der Waals surface area (Å²) in [5, 5.41) is 13.5. The van der Waals surface area contributed by atoms with Gasteiger partial charge in [0.1, 0.15) is 17.5 Å². The van der Waals surface area contributed by atoms with E-state index in [1.54, 1.807) is 48.5 Å². The number of carbonyl (C=O) groups is 3. The second-order valence-electron chi connectivity index (χ2n) is 9.64. The number of nitro benzene ring substituents is 1. The number of anilines is 2. The molecule has 0 bridgehead atoms. The first kappa shape index (κ1) is 27.4. The van der Waals surface area contributed by atoms with E-state index in [-0.39, 0.29) is 22.8 Å². The van der Waals surface area contributed by atoms with Gasteiger partial charge in [-0.25, -0.2) is 4.90 Å². The highest BCUT2D eigenvalue weighted by atomic mass is 32.2. The smallest absolute Gasteiger partial charge is 0.308 e. The minimum atomic E-state index is -0.885. The van der Waals surface area contributed by atoms with Gasteiger partial charge in [0.15, 0.2) is 0 Å². The molecular formula is C29H22N4O7S2. The Kier molecular flexibility index (Phi) is 7.12. The first-order chi connectivity index (χ1) is 20.3. The van der Waals surface area contributed by atoms with E-state index in [2.05, 4.69) is 5.32 Å². The molecule has 1 saturated heterocycles. The minimum absolute atomic E-state index is 0.166. The first-order valence-electron chi connectivity index (χ1n) is 12.8. The van der Waals surface area contributed by atoms with Gasteiger partial charge in [-0.15, -0.1) is 0 Å². The van der Waals surface area contributed by atoms with Crippen LogP contribution in [0.4, 0.5) is 17.1 Å². The molecule has 0 saturated carbocycles. The molecule has 1 aromatic heterocycles. The maximum atomic E-state index is 13.9. The Morgan fingerprint density at radius 2 is 1.67 bits per heavy atom. The van der Waals surface area contributed by atoms with Gasteiger partial charge in [0, 0.05) is 28.6 Å². The van der Waals surface area contributed by atoms with Crippen LogP contribution in [0.2, 0.25) is 0 Å². The highest BCUT2D eigenvalue weighted by Gasteiger charge is 2.56. The largest absolute Gasteiger partial charge is 0.497 e. The van der Waals surface area contributed by atoms with Gasteiger partial charge in [-0.2, -0.15) is 0 Å². The lowest BCUT2D eigenvalue weighted by Crippen LogP contribution is -2.33. The number of amides is 3. The molecule has 0 radical (unpaired) electrons. The van der Waals surface area contributed by atoms with Crippen molar-refractivity contribution in [1.82, 2.24) is 4.57 Å². The molecule has 42 heavy (non-hydrogen) atoms. The second-order valence-corrected chi connectivity index (χ2v) is 11.8. The molecule has 0 unspecified atom stereocenters. The molecule has 0 aliphatic carbocycles. The molecule has 2 aliphatic heterocycles. The number of nitro groups is 1. The molecule has 11 nitrogen and oxygen atoms in total. The zero-order chi connectivity index (χ0) is 29.5. The van der Waals surface area contributed by atoms with E-state index in [1.807, 2.05) is 6.07 Å². The number of thioether (sulfide) groups is 1. The molecular weight excluding hydrogens is 580 g/mol. The Morgan fingerprint density at radius 3 is 2.31 bits per heavy atom. The second kappa shape index (κ2) is 10.9. The number of methoxy groups -OCH3 is 1. The summed E-state index contributed by atoms with van der Waals surface area (Å²) in [7, 11) is 1.54. The summed E-state index contributed by atoms with van der Waals surface area (Å²) in [6.07, 6.45) is 0. The third kappa shape index (κ3) is 4.76. The Morgan fingerprint density at radius 1 is 0.976 bits per heavy atom. The molecule has 13 heteroatoms. The Labute approximate surface area is 246 Å². The Balaban J connectivity index is 1.41. The van der Waals surface area contributed by atoms with Crippen molar-refractivity contribution < 1.29 is 24.0 Å². The number of thiazole rings is 1. The third-order valence-electron chi connectivity index (χ3n) is 7.20. The first-order valence-corrected chi connectivity index (χ1v) is 14.5. The van der Waals surface area contributed by atoms with Crippen LogP contribution in [0.1, 0.15) is 16.4 Å².